The van der Waals surface area contributed by atoms with E-state index >= 15 is 0 Å². The third-order valence-electron chi connectivity index (χ3n) is 1.40. The number of hydrogen-bond donors (Lipinski definition) is 3. The molecule has 0 aliphatic carbocycles. The Morgan fingerprint density at radius 2 is 1.93 bits per heavy atom. The Kier molecular flexibility index (Phi) is 5.07. The van der Waals surface area contributed by atoms with Crippen molar-refractivity contribution < 1.29 is 19.4 Å². The van der Waals surface area contributed by atoms with Gasteiger partial charge in [-0.2, -0.15) is 0 Å². The minimum atomic E-state index is -1.10. The number of carboxylic acids is 1. The smallest absolute Gasteiger partial charge is 0.408 e. The van der Waals surface area contributed by atoms with Gasteiger partial charge in [-0.3, -0.25) is 0 Å². The molecule has 6 nitrogen and oxygen atoms in total. The maximum absolute atomic E-state index is 11.2. The number of amides is 1. The fourth-order valence-electron chi connectivity index (χ4n) is 0.854. The summed E-state index contributed by atoms with van der Waals surface area (Å²) in [6, 6.07) is -0.982. The van der Waals surface area contributed by atoms with Gasteiger partial charge in [0, 0.05) is 6.54 Å². The number of nitrogens with one attached hydrogen (secondary N) is 2. The van der Waals surface area contributed by atoms with E-state index in [1.165, 1.54) is 0 Å². The highest BCUT2D eigenvalue weighted by Crippen LogP contribution is 2.06. The zero-order chi connectivity index (χ0) is 12.1. The van der Waals surface area contributed by atoms with Crippen LogP contribution in [0.3, 0.4) is 0 Å². The zero-order valence-corrected chi connectivity index (χ0v) is 9.46. The second kappa shape index (κ2) is 5.55. The van der Waals surface area contributed by atoms with Gasteiger partial charge in [-0.1, -0.05) is 0 Å². The summed E-state index contributed by atoms with van der Waals surface area (Å²) in [4.78, 5) is 21.9. The molecule has 0 aliphatic heterocycles. The molecular weight excluding hydrogens is 200 g/mol. The molecular formula is C9H18N2O4. The molecule has 0 aromatic carbocycles. The first-order valence-electron chi connectivity index (χ1n) is 4.63. The summed E-state index contributed by atoms with van der Waals surface area (Å²) in [7, 11) is 1.60. The molecule has 1 unspecified atom stereocenters. The monoisotopic (exact) mass is 218 g/mol. The van der Waals surface area contributed by atoms with E-state index in [4.69, 9.17) is 9.84 Å². The molecule has 0 rings (SSSR count). The summed E-state index contributed by atoms with van der Waals surface area (Å²) in [5.74, 6) is -1.10. The Balaban J connectivity index is 4.18. The largest absolute Gasteiger partial charge is 0.480 e. The van der Waals surface area contributed by atoms with Crippen LogP contribution >= 0.6 is 0 Å². The summed E-state index contributed by atoms with van der Waals surface area (Å²) < 4.78 is 4.92. The average molecular weight is 218 g/mol. The predicted octanol–water partition coefficient (Wildman–Crippen LogP) is 0.184. The van der Waals surface area contributed by atoms with Gasteiger partial charge >= 0.3 is 12.1 Å². The van der Waals surface area contributed by atoms with Gasteiger partial charge < -0.3 is 20.5 Å². The highest BCUT2D eigenvalue weighted by molar-refractivity contribution is 5.80. The zero-order valence-electron chi connectivity index (χ0n) is 9.46. The SMILES string of the molecule is CNCC(NC(=O)OC(C)(C)C)C(=O)O. The van der Waals surface area contributed by atoms with Crippen LogP contribution in [-0.4, -0.2) is 42.4 Å². The molecule has 0 saturated carbocycles. The number of carboxylic acid groups (broad SMARTS) is 1. The lowest BCUT2D eigenvalue weighted by atomic mass is 10.2. The van der Waals surface area contributed by atoms with Crippen molar-refractivity contribution in [3.63, 3.8) is 0 Å². The fraction of sp³-hybridized carbons (Fsp3) is 0.778. The minimum absolute atomic E-state index is 0.147. The van der Waals surface area contributed by atoms with Crippen molar-refractivity contribution in [2.75, 3.05) is 13.6 Å². The van der Waals surface area contributed by atoms with E-state index in [1.807, 2.05) is 0 Å². The summed E-state index contributed by atoms with van der Waals surface area (Å²) in [5.41, 5.74) is -0.632. The lowest BCUT2D eigenvalue weighted by molar-refractivity contribution is -0.139. The summed E-state index contributed by atoms with van der Waals surface area (Å²) >= 11 is 0. The van der Waals surface area contributed by atoms with Crippen LogP contribution in [0, 0.1) is 0 Å². The first kappa shape index (κ1) is 13.7. The molecule has 0 aromatic heterocycles. The summed E-state index contributed by atoms with van der Waals surface area (Å²) in [6.45, 7) is 5.27. The van der Waals surface area contributed by atoms with Gasteiger partial charge in [-0.25, -0.2) is 9.59 Å². The fourth-order valence-corrected chi connectivity index (χ4v) is 0.854. The Morgan fingerprint density at radius 1 is 1.40 bits per heavy atom. The minimum Gasteiger partial charge on any atom is -0.480 e. The van der Waals surface area contributed by atoms with E-state index in [9.17, 15) is 9.59 Å². The molecule has 0 aromatic rings. The number of likely N-dealkylation sites (N-methyl/N-ethyl adjacent to an activating group) is 1. The lowest BCUT2D eigenvalue weighted by Gasteiger charge is -2.21. The molecule has 0 aliphatic rings. The van der Waals surface area contributed by atoms with Crippen molar-refractivity contribution in [3.8, 4) is 0 Å². The van der Waals surface area contributed by atoms with E-state index in [0.29, 0.717) is 0 Å². The number of aliphatic carboxylic acids is 1. The molecule has 1 atom stereocenters. The van der Waals surface area contributed by atoms with Crippen LogP contribution in [0.4, 0.5) is 4.79 Å². The molecule has 6 heteroatoms. The molecule has 1 amide bonds. The first-order chi connectivity index (χ1) is 6.76. The van der Waals surface area contributed by atoms with Crippen LogP contribution < -0.4 is 10.6 Å². The highest BCUT2D eigenvalue weighted by atomic mass is 16.6. The molecule has 15 heavy (non-hydrogen) atoms. The van der Waals surface area contributed by atoms with Crippen LogP contribution in [0.5, 0.6) is 0 Å². The van der Waals surface area contributed by atoms with Gasteiger partial charge in [0.1, 0.15) is 11.6 Å². The van der Waals surface area contributed by atoms with Gasteiger partial charge in [0.2, 0.25) is 0 Å². The molecule has 0 saturated heterocycles. The number of alkyl carbamates (subject to hydrolysis) is 1. The van der Waals surface area contributed by atoms with Crippen molar-refractivity contribution in [2.24, 2.45) is 0 Å². The molecule has 3 N–H and O–H groups in total. The Labute approximate surface area is 89.0 Å². The van der Waals surface area contributed by atoms with E-state index in [2.05, 4.69) is 10.6 Å². The average Bonchev–Trinajstić information content (AvgIpc) is 1.99. The summed E-state index contributed by atoms with van der Waals surface area (Å²) in [6.07, 6.45) is -0.731. The van der Waals surface area contributed by atoms with Crippen molar-refractivity contribution in [3.05, 3.63) is 0 Å². The lowest BCUT2D eigenvalue weighted by Crippen LogP contribution is -2.48. The number of carbonyl (C=O) groups excluding carboxylic acids is 1. The number of carbonyl (C=O) groups is 2. The normalized spacial score (nSPS) is 13.1. The quantitative estimate of drug-likeness (QED) is 0.626. The Morgan fingerprint density at radius 3 is 2.27 bits per heavy atom. The second-order valence-corrected chi connectivity index (χ2v) is 4.09. The van der Waals surface area contributed by atoms with Crippen molar-refractivity contribution in [1.29, 1.82) is 0 Å². The van der Waals surface area contributed by atoms with E-state index in [-0.39, 0.29) is 6.54 Å². The standard InChI is InChI=1S/C9H18N2O4/c1-9(2,3)15-8(14)11-6(5-10-4)7(12)13/h6,10H,5H2,1-4H3,(H,11,14)(H,12,13). The van der Waals surface area contributed by atoms with Gasteiger partial charge in [0.25, 0.3) is 0 Å². The van der Waals surface area contributed by atoms with Gasteiger partial charge in [-0.15, -0.1) is 0 Å². The van der Waals surface area contributed by atoms with E-state index in [0.717, 1.165) is 0 Å². The predicted molar refractivity (Wildman–Crippen MR) is 54.7 cm³/mol. The Bertz CT molecular complexity index is 235. The van der Waals surface area contributed by atoms with Crippen LogP contribution in [0.25, 0.3) is 0 Å². The van der Waals surface area contributed by atoms with Crippen LogP contribution in [0.15, 0.2) is 0 Å². The third-order valence-corrected chi connectivity index (χ3v) is 1.40. The third kappa shape index (κ3) is 6.73. The summed E-state index contributed by atoms with van der Waals surface area (Å²) in [5, 5.41) is 13.7. The van der Waals surface area contributed by atoms with Crippen molar-refractivity contribution in [1.82, 2.24) is 10.6 Å². The van der Waals surface area contributed by atoms with Crippen LogP contribution in [0.2, 0.25) is 0 Å². The number of hydrogen-bond acceptors (Lipinski definition) is 4. The van der Waals surface area contributed by atoms with Crippen molar-refractivity contribution >= 4 is 12.1 Å². The topological polar surface area (TPSA) is 87.7 Å². The number of ether oxygens (including phenoxy) is 1. The van der Waals surface area contributed by atoms with Gasteiger partial charge in [0.05, 0.1) is 0 Å². The van der Waals surface area contributed by atoms with E-state index in [1.54, 1.807) is 27.8 Å². The van der Waals surface area contributed by atoms with Crippen LogP contribution in [0.1, 0.15) is 20.8 Å². The van der Waals surface area contributed by atoms with Gasteiger partial charge in [0.15, 0.2) is 0 Å². The number of rotatable bonds is 4. The molecule has 0 radical (unpaired) electrons. The maximum Gasteiger partial charge on any atom is 0.408 e. The molecule has 0 bridgehead atoms. The van der Waals surface area contributed by atoms with Crippen LogP contribution in [-0.2, 0) is 9.53 Å². The maximum atomic E-state index is 11.2. The van der Waals surface area contributed by atoms with E-state index < -0.39 is 23.7 Å². The molecule has 88 valence electrons. The Hall–Kier alpha value is -1.30. The molecule has 0 fully saturated rings. The van der Waals surface area contributed by atoms with Crippen molar-refractivity contribution in [2.45, 2.75) is 32.4 Å². The molecule has 0 heterocycles. The van der Waals surface area contributed by atoms with Gasteiger partial charge in [-0.05, 0) is 27.8 Å². The second-order valence-electron chi connectivity index (χ2n) is 4.09. The first-order valence-corrected chi connectivity index (χ1v) is 4.63. The highest BCUT2D eigenvalue weighted by Gasteiger charge is 2.22. The molecule has 0 spiro atoms.